The highest BCUT2D eigenvalue weighted by molar-refractivity contribution is 7.07. The number of hydrogen-bond acceptors (Lipinski definition) is 8. The zero-order chi connectivity index (χ0) is 31.7. The summed E-state index contributed by atoms with van der Waals surface area (Å²) >= 11 is 1.27. The molecule has 0 bridgehead atoms. The molecule has 9 nitrogen and oxygen atoms in total. The molecule has 10 heteroatoms. The molecule has 0 amide bonds. The van der Waals surface area contributed by atoms with Gasteiger partial charge in [0.15, 0.2) is 4.80 Å². The molecule has 228 valence electrons. The molecule has 2 aromatic heterocycles. The third kappa shape index (κ3) is 5.84. The molecule has 1 unspecified atom stereocenters. The SMILES string of the molecule is COC(=O)C1=C(C)N=c2sc(=Cc3cn(-c4ccccc4)nc3-c3ccc(OC(C)C)cc3)c(=O)n2C1c1ccc(OC)cc1. The van der Waals surface area contributed by atoms with Gasteiger partial charge in [0.25, 0.3) is 5.56 Å². The number of fused-ring (bicyclic) bond motifs is 1. The summed E-state index contributed by atoms with van der Waals surface area (Å²) in [5, 5.41) is 4.92. The third-order valence-corrected chi connectivity index (χ3v) is 8.39. The lowest BCUT2D eigenvalue weighted by Gasteiger charge is -2.24. The van der Waals surface area contributed by atoms with Gasteiger partial charge in [0, 0.05) is 17.3 Å². The van der Waals surface area contributed by atoms with E-state index in [4.69, 9.17) is 19.3 Å². The number of methoxy groups -OCH3 is 2. The van der Waals surface area contributed by atoms with Gasteiger partial charge in [-0.3, -0.25) is 9.36 Å². The maximum atomic E-state index is 14.2. The van der Waals surface area contributed by atoms with Gasteiger partial charge in [0.1, 0.15) is 17.2 Å². The fourth-order valence-electron chi connectivity index (χ4n) is 5.33. The molecule has 1 atom stereocenters. The van der Waals surface area contributed by atoms with E-state index in [9.17, 15) is 9.59 Å². The van der Waals surface area contributed by atoms with Crippen molar-refractivity contribution in [1.82, 2.24) is 14.3 Å². The molecular formula is C35H32N4O5S. The first kappa shape index (κ1) is 29.8. The van der Waals surface area contributed by atoms with Crippen molar-refractivity contribution in [1.29, 1.82) is 0 Å². The number of aromatic nitrogens is 3. The summed E-state index contributed by atoms with van der Waals surface area (Å²) in [5.74, 6) is 0.891. The molecule has 1 aliphatic heterocycles. The Morgan fingerprint density at radius 2 is 1.64 bits per heavy atom. The van der Waals surface area contributed by atoms with Crippen LogP contribution in [0.15, 0.2) is 106 Å². The molecule has 0 saturated carbocycles. The fourth-order valence-corrected chi connectivity index (χ4v) is 6.37. The smallest absolute Gasteiger partial charge is 0.338 e. The minimum absolute atomic E-state index is 0.0554. The molecule has 6 rings (SSSR count). The number of nitrogens with zero attached hydrogens (tertiary/aromatic N) is 4. The molecule has 0 fully saturated rings. The highest BCUT2D eigenvalue weighted by atomic mass is 32.1. The predicted octanol–water partition coefficient (Wildman–Crippen LogP) is 5.06. The van der Waals surface area contributed by atoms with Crippen LogP contribution in [0.1, 0.15) is 37.9 Å². The van der Waals surface area contributed by atoms with Gasteiger partial charge in [-0.2, -0.15) is 5.10 Å². The number of thiazole rings is 1. The normalized spacial score (nSPS) is 14.7. The van der Waals surface area contributed by atoms with E-state index in [1.165, 1.54) is 18.4 Å². The molecule has 0 N–H and O–H groups in total. The average Bonchev–Trinajstić information content (AvgIpc) is 3.61. The van der Waals surface area contributed by atoms with Crippen molar-refractivity contribution in [3.8, 4) is 28.4 Å². The Morgan fingerprint density at radius 1 is 0.956 bits per heavy atom. The maximum Gasteiger partial charge on any atom is 0.338 e. The highest BCUT2D eigenvalue weighted by Gasteiger charge is 2.33. The van der Waals surface area contributed by atoms with Crippen LogP contribution in [-0.4, -0.2) is 40.6 Å². The Kier molecular flexibility index (Phi) is 8.23. The van der Waals surface area contributed by atoms with Gasteiger partial charge < -0.3 is 14.2 Å². The molecule has 0 saturated heterocycles. The number of para-hydroxylation sites is 1. The lowest BCUT2D eigenvalue weighted by atomic mass is 9.96. The Hall–Kier alpha value is -5.22. The third-order valence-electron chi connectivity index (χ3n) is 7.41. The molecular weight excluding hydrogens is 588 g/mol. The second-order valence-corrected chi connectivity index (χ2v) is 11.8. The standard InChI is InChI=1S/C35H32N4O5S/c1-21(2)44-28-17-11-23(12-18-28)31-25(20-38(37-31)26-9-7-6-8-10-26)19-29-33(40)39-32(24-13-15-27(42-4)16-14-24)30(34(41)43-5)22(3)36-35(39)45-29/h6-21,32H,1-5H3. The Morgan fingerprint density at radius 3 is 2.29 bits per heavy atom. The second-order valence-electron chi connectivity index (χ2n) is 10.8. The number of carbonyl (C=O) groups is 1. The summed E-state index contributed by atoms with van der Waals surface area (Å²) in [5.41, 5.74) is 4.49. The summed E-state index contributed by atoms with van der Waals surface area (Å²) in [4.78, 5) is 32.4. The molecule has 1 aliphatic rings. The summed E-state index contributed by atoms with van der Waals surface area (Å²) in [6.45, 7) is 5.73. The van der Waals surface area contributed by atoms with E-state index in [0.29, 0.717) is 32.0 Å². The fraction of sp³-hybridized carbons (Fsp3) is 0.200. The van der Waals surface area contributed by atoms with Gasteiger partial charge in [0.05, 0.1) is 47.9 Å². The van der Waals surface area contributed by atoms with Gasteiger partial charge in [-0.1, -0.05) is 41.7 Å². The van der Waals surface area contributed by atoms with Crippen LogP contribution in [0.5, 0.6) is 11.5 Å². The minimum atomic E-state index is -0.721. The number of hydrogen-bond donors (Lipinski definition) is 0. The molecule has 3 heterocycles. The lowest BCUT2D eigenvalue weighted by Crippen LogP contribution is -2.39. The average molecular weight is 621 g/mol. The van der Waals surface area contributed by atoms with Crippen LogP contribution < -0.4 is 24.4 Å². The number of allylic oxidation sites excluding steroid dienone is 1. The Balaban J connectivity index is 1.52. The first-order valence-electron chi connectivity index (χ1n) is 14.4. The highest BCUT2D eigenvalue weighted by Crippen LogP contribution is 2.32. The van der Waals surface area contributed by atoms with Gasteiger partial charge >= 0.3 is 5.97 Å². The van der Waals surface area contributed by atoms with Gasteiger partial charge in [-0.25, -0.2) is 14.5 Å². The zero-order valence-electron chi connectivity index (χ0n) is 25.6. The lowest BCUT2D eigenvalue weighted by molar-refractivity contribution is -0.136. The summed E-state index contributed by atoms with van der Waals surface area (Å²) < 4.78 is 20.1. The molecule has 0 spiro atoms. The maximum absolute atomic E-state index is 14.2. The summed E-state index contributed by atoms with van der Waals surface area (Å²) in [7, 11) is 2.91. The number of rotatable bonds is 8. The number of ether oxygens (including phenoxy) is 3. The molecule has 45 heavy (non-hydrogen) atoms. The van der Waals surface area contributed by atoms with Crippen molar-refractivity contribution in [2.45, 2.75) is 32.9 Å². The van der Waals surface area contributed by atoms with Crippen molar-refractivity contribution >= 4 is 23.4 Å². The monoisotopic (exact) mass is 620 g/mol. The van der Waals surface area contributed by atoms with E-state index in [-0.39, 0.29) is 11.7 Å². The van der Waals surface area contributed by atoms with Crippen LogP contribution in [0.25, 0.3) is 23.0 Å². The van der Waals surface area contributed by atoms with E-state index in [0.717, 1.165) is 28.1 Å². The molecule has 0 aliphatic carbocycles. The largest absolute Gasteiger partial charge is 0.497 e. The van der Waals surface area contributed by atoms with Crippen molar-refractivity contribution in [3.05, 3.63) is 127 Å². The molecule has 0 radical (unpaired) electrons. The minimum Gasteiger partial charge on any atom is -0.497 e. The van der Waals surface area contributed by atoms with Crippen LogP contribution in [0.4, 0.5) is 0 Å². The van der Waals surface area contributed by atoms with Crippen LogP contribution >= 0.6 is 11.3 Å². The van der Waals surface area contributed by atoms with Crippen LogP contribution in [0.2, 0.25) is 0 Å². The quantitative estimate of drug-likeness (QED) is 0.225. The van der Waals surface area contributed by atoms with E-state index < -0.39 is 12.0 Å². The zero-order valence-corrected chi connectivity index (χ0v) is 26.4. The first-order valence-corrected chi connectivity index (χ1v) is 15.3. The van der Waals surface area contributed by atoms with Crippen LogP contribution in [0.3, 0.4) is 0 Å². The van der Waals surface area contributed by atoms with Gasteiger partial charge in [-0.05, 0) is 80.9 Å². The van der Waals surface area contributed by atoms with E-state index in [2.05, 4.69) is 4.99 Å². The van der Waals surface area contributed by atoms with E-state index >= 15 is 0 Å². The van der Waals surface area contributed by atoms with Crippen molar-refractivity contribution in [2.75, 3.05) is 14.2 Å². The summed E-state index contributed by atoms with van der Waals surface area (Å²) in [6.07, 6.45) is 3.81. The number of carbonyl (C=O) groups excluding carboxylic acids is 1. The van der Waals surface area contributed by atoms with Gasteiger partial charge in [-0.15, -0.1) is 0 Å². The van der Waals surface area contributed by atoms with Crippen LogP contribution in [-0.2, 0) is 9.53 Å². The topological polar surface area (TPSA) is 96.9 Å². The molecule has 5 aromatic rings. The van der Waals surface area contributed by atoms with Crippen molar-refractivity contribution < 1.29 is 19.0 Å². The van der Waals surface area contributed by atoms with Gasteiger partial charge in [0.2, 0.25) is 0 Å². The van der Waals surface area contributed by atoms with Crippen molar-refractivity contribution in [3.63, 3.8) is 0 Å². The predicted molar refractivity (Wildman–Crippen MR) is 174 cm³/mol. The summed E-state index contributed by atoms with van der Waals surface area (Å²) in [6, 6.07) is 24.1. The first-order chi connectivity index (χ1) is 21.8. The Bertz CT molecular complexity index is 2070. The second kappa shape index (κ2) is 12.4. The van der Waals surface area contributed by atoms with Crippen molar-refractivity contribution in [2.24, 2.45) is 4.99 Å². The molecule has 3 aromatic carbocycles. The van der Waals surface area contributed by atoms with Crippen LogP contribution in [0, 0.1) is 0 Å². The Labute approximate surface area is 264 Å². The number of benzene rings is 3. The van der Waals surface area contributed by atoms with E-state index in [1.54, 1.807) is 35.4 Å². The van der Waals surface area contributed by atoms with E-state index in [1.807, 2.05) is 92.9 Å². The number of esters is 1.